The summed E-state index contributed by atoms with van der Waals surface area (Å²) in [6.07, 6.45) is 0. The standard InChI is InChI=1S/C12H20O5/c1-5-15-12(13)11(4)17-9-7-14-6-8-16-10(2)3/h2,4-9H2,1,3H3. The van der Waals surface area contributed by atoms with Gasteiger partial charge in [0.1, 0.15) is 13.2 Å². The largest absolute Gasteiger partial charge is 0.496 e. The molecule has 0 amide bonds. The van der Waals surface area contributed by atoms with E-state index in [1.165, 1.54) is 0 Å². The maximum atomic E-state index is 11.1. The van der Waals surface area contributed by atoms with Crippen LogP contribution in [0.4, 0.5) is 0 Å². The molecule has 0 rings (SSSR count). The van der Waals surface area contributed by atoms with Crippen molar-refractivity contribution in [3.63, 3.8) is 0 Å². The Balaban J connectivity index is 3.36. The third-order valence-electron chi connectivity index (χ3n) is 1.58. The van der Waals surface area contributed by atoms with Gasteiger partial charge in [-0.3, -0.25) is 0 Å². The highest BCUT2D eigenvalue weighted by Gasteiger charge is 2.07. The van der Waals surface area contributed by atoms with E-state index in [1.807, 2.05) is 0 Å². The first kappa shape index (κ1) is 15.5. The Hall–Kier alpha value is -1.49. The quantitative estimate of drug-likeness (QED) is 0.253. The fourth-order valence-corrected chi connectivity index (χ4v) is 0.871. The van der Waals surface area contributed by atoms with Crippen LogP contribution in [0.2, 0.25) is 0 Å². The van der Waals surface area contributed by atoms with Crippen molar-refractivity contribution in [2.24, 2.45) is 0 Å². The Morgan fingerprint density at radius 2 is 1.59 bits per heavy atom. The number of carbonyl (C=O) groups excluding carboxylic acids is 1. The first-order valence-electron chi connectivity index (χ1n) is 5.42. The average Bonchev–Trinajstić information content (AvgIpc) is 2.27. The molecular formula is C12H20O5. The van der Waals surface area contributed by atoms with Crippen LogP contribution in [0.1, 0.15) is 13.8 Å². The first-order chi connectivity index (χ1) is 8.07. The van der Waals surface area contributed by atoms with Crippen molar-refractivity contribution >= 4 is 5.97 Å². The van der Waals surface area contributed by atoms with Crippen LogP contribution in [0.3, 0.4) is 0 Å². The van der Waals surface area contributed by atoms with Crippen molar-refractivity contribution in [1.82, 2.24) is 0 Å². The summed E-state index contributed by atoms with van der Waals surface area (Å²) < 4.78 is 20.0. The van der Waals surface area contributed by atoms with E-state index in [2.05, 4.69) is 13.2 Å². The van der Waals surface area contributed by atoms with E-state index in [0.717, 1.165) is 0 Å². The molecule has 0 aromatic heterocycles. The molecule has 5 nitrogen and oxygen atoms in total. The molecule has 0 heterocycles. The molecule has 0 aliphatic rings. The zero-order valence-electron chi connectivity index (χ0n) is 10.5. The van der Waals surface area contributed by atoms with Crippen molar-refractivity contribution in [3.8, 4) is 0 Å². The molecule has 0 aromatic carbocycles. The van der Waals surface area contributed by atoms with E-state index < -0.39 is 5.97 Å². The molecule has 0 spiro atoms. The van der Waals surface area contributed by atoms with Crippen LogP contribution in [-0.2, 0) is 23.7 Å². The monoisotopic (exact) mass is 244 g/mol. The van der Waals surface area contributed by atoms with E-state index >= 15 is 0 Å². The maximum absolute atomic E-state index is 11.1. The van der Waals surface area contributed by atoms with Gasteiger partial charge in [0.15, 0.2) is 5.76 Å². The Labute approximate surface area is 102 Å². The van der Waals surface area contributed by atoms with Crippen LogP contribution in [0.15, 0.2) is 24.7 Å². The Morgan fingerprint density at radius 3 is 2.12 bits per heavy atom. The predicted molar refractivity (Wildman–Crippen MR) is 63.3 cm³/mol. The molecule has 0 aliphatic carbocycles. The molecule has 0 unspecified atom stereocenters. The molecule has 0 atom stereocenters. The Kier molecular flexibility index (Phi) is 8.86. The van der Waals surface area contributed by atoms with Gasteiger partial charge in [-0.05, 0) is 20.4 Å². The third-order valence-corrected chi connectivity index (χ3v) is 1.58. The minimum absolute atomic E-state index is 0.00589. The van der Waals surface area contributed by atoms with Crippen molar-refractivity contribution < 1.29 is 23.7 Å². The van der Waals surface area contributed by atoms with Crippen LogP contribution < -0.4 is 0 Å². The summed E-state index contributed by atoms with van der Waals surface area (Å²) in [5, 5.41) is 0. The smallest absolute Gasteiger partial charge is 0.372 e. The van der Waals surface area contributed by atoms with E-state index in [9.17, 15) is 4.79 Å². The molecule has 0 saturated carbocycles. The van der Waals surface area contributed by atoms with Crippen molar-refractivity contribution in [2.45, 2.75) is 13.8 Å². The average molecular weight is 244 g/mol. The van der Waals surface area contributed by atoms with Gasteiger partial charge in [0.25, 0.3) is 0 Å². The molecule has 0 radical (unpaired) electrons. The van der Waals surface area contributed by atoms with Gasteiger partial charge in [-0.1, -0.05) is 6.58 Å². The number of esters is 1. The molecule has 0 N–H and O–H groups in total. The molecule has 0 fully saturated rings. The lowest BCUT2D eigenvalue weighted by molar-refractivity contribution is -0.142. The van der Waals surface area contributed by atoms with E-state index in [4.69, 9.17) is 18.9 Å². The van der Waals surface area contributed by atoms with Gasteiger partial charge in [0.05, 0.1) is 25.6 Å². The second-order valence-electron chi connectivity index (χ2n) is 3.15. The van der Waals surface area contributed by atoms with Crippen LogP contribution in [0.5, 0.6) is 0 Å². The van der Waals surface area contributed by atoms with E-state index in [0.29, 0.717) is 32.2 Å². The second-order valence-corrected chi connectivity index (χ2v) is 3.15. The molecule has 0 aromatic rings. The Morgan fingerprint density at radius 1 is 1.00 bits per heavy atom. The highest BCUT2D eigenvalue weighted by molar-refractivity contribution is 5.85. The van der Waals surface area contributed by atoms with Crippen LogP contribution in [0.25, 0.3) is 0 Å². The molecule has 0 aliphatic heterocycles. The number of rotatable bonds is 10. The second kappa shape index (κ2) is 9.72. The minimum atomic E-state index is -0.543. The molecule has 17 heavy (non-hydrogen) atoms. The number of allylic oxidation sites excluding steroid dienone is 1. The lowest BCUT2D eigenvalue weighted by Gasteiger charge is -2.09. The third kappa shape index (κ3) is 9.44. The number of hydrogen-bond donors (Lipinski definition) is 0. The van der Waals surface area contributed by atoms with Gasteiger partial charge >= 0.3 is 5.97 Å². The van der Waals surface area contributed by atoms with Gasteiger partial charge in [-0.25, -0.2) is 4.79 Å². The fourth-order valence-electron chi connectivity index (χ4n) is 0.871. The molecule has 0 bridgehead atoms. The Bertz CT molecular complexity index is 260. The van der Waals surface area contributed by atoms with E-state index in [-0.39, 0.29) is 12.4 Å². The molecule has 98 valence electrons. The highest BCUT2D eigenvalue weighted by atomic mass is 16.6. The zero-order chi connectivity index (χ0) is 13.1. The summed E-state index contributed by atoms with van der Waals surface area (Å²) in [6.45, 7) is 12.3. The summed E-state index contributed by atoms with van der Waals surface area (Å²) in [4.78, 5) is 11.1. The van der Waals surface area contributed by atoms with Crippen molar-refractivity contribution in [2.75, 3.05) is 33.0 Å². The normalized spacial score (nSPS) is 9.53. The summed E-state index contributed by atoms with van der Waals surface area (Å²) in [5.41, 5.74) is 0. The minimum Gasteiger partial charge on any atom is -0.496 e. The van der Waals surface area contributed by atoms with Gasteiger partial charge in [-0.15, -0.1) is 0 Å². The van der Waals surface area contributed by atoms with Gasteiger partial charge < -0.3 is 18.9 Å². The number of carbonyl (C=O) groups is 1. The summed E-state index contributed by atoms with van der Waals surface area (Å²) >= 11 is 0. The zero-order valence-corrected chi connectivity index (χ0v) is 10.5. The molecular weight excluding hydrogens is 224 g/mol. The van der Waals surface area contributed by atoms with Crippen LogP contribution in [0, 0.1) is 0 Å². The van der Waals surface area contributed by atoms with Crippen molar-refractivity contribution in [1.29, 1.82) is 0 Å². The topological polar surface area (TPSA) is 54.0 Å². The fraction of sp³-hybridized carbons (Fsp3) is 0.583. The highest BCUT2D eigenvalue weighted by Crippen LogP contribution is 1.97. The van der Waals surface area contributed by atoms with Crippen LogP contribution in [-0.4, -0.2) is 39.0 Å². The number of ether oxygens (including phenoxy) is 4. The predicted octanol–water partition coefficient (Wildman–Crippen LogP) is 1.65. The maximum Gasteiger partial charge on any atom is 0.372 e. The SMILES string of the molecule is C=C(C)OCCOCCOC(=C)C(=O)OCC. The van der Waals surface area contributed by atoms with Gasteiger partial charge in [-0.2, -0.15) is 0 Å². The summed E-state index contributed by atoms with van der Waals surface area (Å²) in [6, 6.07) is 0. The van der Waals surface area contributed by atoms with E-state index in [1.54, 1.807) is 13.8 Å². The van der Waals surface area contributed by atoms with Crippen LogP contribution >= 0.6 is 0 Å². The van der Waals surface area contributed by atoms with Gasteiger partial charge in [0.2, 0.25) is 0 Å². The summed E-state index contributed by atoms with van der Waals surface area (Å²) in [5.74, 6) is 0.104. The lowest BCUT2D eigenvalue weighted by atomic mass is 10.5. The van der Waals surface area contributed by atoms with Gasteiger partial charge in [0, 0.05) is 0 Å². The number of hydrogen-bond acceptors (Lipinski definition) is 5. The lowest BCUT2D eigenvalue weighted by Crippen LogP contribution is -2.13. The molecule has 5 heteroatoms. The summed E-state index contributed by atoms with van der Waals surface area (Å²) in [7, 11) is 0. The first-order valence-corrected chi connectivity index (χ1v) is 5.42. The molecule has 0 saturated heterocycles. The van der Waals surface area contributed by atoms with Crippen molar-refractivity contribution in [3.05, 3.63) is 24.7 Å².